The molecule has 6 heterocycles. The third-order valence-electron chi connectivity index (χ3n) is 13.1. The van der Waals surface area contributed by atoms with Gasteiger partial charge in [-0.2, -0.15) is 0 Å². The molecule has 2 bridgehead atoms. The van der Waals surface area contributed by atoms with Crippen LogP contribution in [-0.4, -0.2) is 107 Å². The summed E-state index contributed by atoms with van der Waals surface area (Å²) in [5, 5.41) is 14.7. The van der Waals surface area contributed by atoms with Crippen molar-refractivity contribution in [1.29, 1.82) is 0 Å². The molecule has 4 amide bonds. The van der Waals surface area contributed by atoms with E-state index in [1.807, 2.05) is 12.1 Å². The van der Waals surface area contributed by atoms with Crippen molar-refractivity contribution in [2.45, 2.75) is 101 Å². The Morgan fingerprint density at radius 3 is 2.38 bits per heavy atom. The Labute approximate surface area is 343 Å². The smallest absolute Gasteiger partial charge is 0.272 e. The fourth-order valence-electron chi connectivity index (χ4n) is 10.0. The van der Waals surface area contributed by atoms with E-state index in [1.54, 1.807) is 29.2 Å². The minimum atomic E-state index is -0.603. The molecule has 3 atom stereocenters. The lowest BCUT2D eigenvalue weighted by atomic mass is 9.93. The SMILES string of the molecule is [C-]#[N+]c1ccc(OC2CCC(NC(=O)c3ccc(N4CCC(CN5CC6CCC(C5)N6c5ccc6c(c5)CN(C5CCC(=O)NC5=O)C6=O)CC4)nn3)CC2)cc1Cl. The Morgan fingerprint density at radius 2 is 1.69 bits per heavy atom. The van der Waals surface area contributed by atoms with E-state index in [0.717, 1.165) is 101 Å². The molecule has 4 saturated heterocycles. The number of nitrogens with one attached hydrogen (secondary N) is 2. The van der Waals surface area contributed by atoms with E-state index < -0.39 is 6.04 Å². The highest BCUT2D eigenvalue weighted by molar-refractivity contribution is 6.33. The van der Waals surface area contributed by atoms with E-state index in [2.05, 4.69) is 52.5 Å². The molecule has 9 rings (SSSR count). The molecular weight excluding hydrogens is 758 g/mol. The van der Waals surface area contributed by atoms with Crippen LogP contribution in [0.3, 0.4) is 0 Å². The van der Waals surface area contributed by atoms with Crippen LogP contribution < -0.4 is 25.2 Å². The van der Waals surface area contributed by atoms with Gasteiger partial charge in [0.25, 0.3) is 11.8 Å². The summed E-state index contributed by atoms with van der Waals surface area (Å²) in [6, 6.07) is 15.3. The first-order valence-corrected chi connectivity index (χ1v) is 21.1. The zero-order chi connectivity index (χ0) is 39.9. The number of fused-ring (bicyclic) bond motifs is 3. The predicted octanol–water partition coefficient (Wildman–Crippen LogP) is 5.13. The third kappa shape index (κ3) is 7.82. The lowest BCUT2D eigenvalue weighted by Crippen LogP contribution is -2.55. The molecule has 2 aromatic carbocycles. The van der Waals surface area contributed by atoms with Gasteiger partial charge in [-0.1, -0.05) is 17.7 Å². The van der Waals surface area contributed by atoms with Crippen LogP contribution in [0.25, 0.3) is 4.85 Å². The van der Waals surface area contributed by atoms with Crippen LogP contribution in [-0.2, 0) is 16.1 Å². The van der Waals surface area contributed by atoms with E-state index in [-0.39, 0.29) is 42.2 Å². The molecule has 5 aliphatic heterocycles. The third-order valence-corrected chi connectivity index (χ3v) is 13.4. The number of imide groups is 1. The number of nitrogens with zero attached hydrogens (tertiary/aromatic N) is 7. The highest BCUT2D eigenvalue weighted by atomic mass is 35.5. The van der Waals surface area contributed by atoms with Gasteiger partial charge in [-0.05, 0) is 112 Å². The highest BCUT2D eigenvalue weighted by Crippen LogP contribution is 2.39. The van der Waals surface area contributed by atoms with Crippen molar-refractivity contribution in [2.24, 2.45) is 5.92 Å². The minimum absolute atomic E-state index is 0.0340. The molecule has 1 aliphatic carbocycles. The summed E-state index contributed by atoms with van der Waals surface area (Å²) >= 11 is 6.17. The monoisotopic (exact) mass is 805 g/mol. The summed E-state index contributed by atoms with van der Waals surface area (Å²) in [6.07, 6.45) is 8.32. The number of piperazine rings is 1. The van der Waals surface area contributed by atoms with Crippen molar-refractivity contribution in [3.63, 3.8) is 0 Å². The summed E-state index contributed by atoms with van der Waals surface area (Å²) in [4.78, 5) is 63.0. The van der Waals surface area contributed by atoms with E-state index >= 15 is 0 Å². The Hall–Kier alpha value is -5.26. The van der Waals surface area contributed by atoms with Gasteiger partial charge in [-0.15, -0.1) is 10.2 Å². The molecular formula is C43H48ClN9O5. The first kappa shape index (κ1) is 38.3. The number of ether oxygens (including phenoxy) is 1. The summed E-state index contributed by atoms with van der Waals surface area (Å²) in [5.74, 6) is 1.07. The van der Waals surface area contributed by atoms with Crippen molar-refractivity contribution in [3.05, 3.63) is 81.8 Å². The average molecular weight is 806 g/mol. The summed E-state index contributed by atoms with van der Waals surface area (Å²) in [6.45, 7) is 12.5. The molecule has 302 valence electrons. The molecule has 5 fully saturated rings. The Bertz CT molecular complexity index is 2110. The summed E-state index contributed by atoms with van der Waals surface area (Å²) in [7, 11) is 0. The van der Waals surface area contributed by atoms with E-state index in [1.165, 1.54) is 0 Å². The Kier molecular flexibility index (Phi) is 10.7. The quantitative estimate of drug-likeness (QED) is 0.221. The maximum absolute atomic E-state index is 13.3. The number of likely N-dealkylation sites (tertiary alicyclic amines) is 1. The maximum Gasteiger partial charge on any atom is 0.272 e. The molecule has 1 aromatic heterocycles. The van der Waals surface area contributed by atoms with Crippen LogP contribution in [0.2, 0.25) is 5.02 Å². The van der Waals surface area contributed by atoms with Crippen molar-refractivity contribution >= 4 is 52.4 Å². The number of carbonyl (C=O) groups is 4. The lowest BCUT2D eigenvalue weighted by molar-refractivity contribution is -0.136. The molecule has 1 saturated carbocycles. The fraction of sp³-hybridized carbons (Fsp3) is 0.512. The molecule has 0 radical (unpaired) electrons. The van der Waals surface area contributed by atoms with Gasteiger partial charge in [-0.25, -0.2) is 4.85 Å². The summed E-state index contributed by atoms with van der Waals surface area (Å²) in [5.41, 5.74) is 3.50. The number of benzene rings is 2. The van der Waals surface area contributed by atoms with Gasteiger partial charge in [0.15, 0.2) is 11.5 Å². The number of aromatic nitrogens is 2. The number of halogens is 1. The first-order valence-electron chi connectivity index (χ1n) is 20.7. The first-order chi connectivity index (χ1) is 28.2. The van der Waals surface area contributed by atoms with Gasteiger partial charge in [0.05, 0.1) is 17.7 Å². The molecule has 2 N–H and O–H groups in total. The standard InChI is InChI=1S/C43H48ClN9O5/c1-45-36-11-9-33(21-35(36)44)58-32-7-2-28(3-8-32)46-41(55)37-12-14-39(49-48-37)51-18-16-26(17-19-51)22-50-24-30-4-5-31(25-50)53(30)29-6-10-34-27(20-29)23-52(43(34)57)38-13-15-40(54)47-42(38)56/h6,9-12,14,20-21,26,28,30-32,38H,2-5,7-8,13,15-19,22-25H2,(H,46,55)(H,47,54,56). The Balaban J connectivity index is 0.716. The zero-order valence-corrected chi connectivity index (χ0v) is 33.2. The van der Waals surface area contributed by atoms with Gasteiger partial charge in [0.1, 0.15) is 11.8 Å². The largest absolute Gasteiger partial charge is 0.490 e. The van der Waals surface area contributed by atoms with Crippen LogP contribution in [0.1, 0.15) is 90.6 Å². The summed E-state index contributed by atoms with van der Waals surface area (Å²) < 4.78 is 6.10. The van der Waals surface area contributed by atoms with Crippen LogP contribution in [0.4, 0.5) is 17.2 Å². The van der Waals surface area contributed by atoms with Gasteiger partial charge in [0, 0.05) is 75.1 Å². The number of amides is 4. The lowest BCUT2D eigenvalue weighted by Gasteiger charge is -2.44. The topological polar surface area (TPSA) is 145 Å². The predicted molar refractivity (Wildman–Crippen MR) is 217 cm³/mol. The van der Waals surface area contributed by atoms with Crippen LogP contribution in [0.5, 0.6) is 5.75 Å². The number of hydrogen-bond acceptors (Lipinski definition) is 10. The van der Waals surface area contributed by atoms with Crippen LogP contribution in [0, 0.1) is 12.5 Å². The number of piperidine rings is 2. The van der Waals surface area contributed by atoms with Crippen molar-refractivity contribution in [2.75, 3.05) is 42.5 Å². The van der Waals surface area contributed by atoms with E-state index in [0.29, 0.717) is 58.7 Å². The minimum Gasteiger partial charge on any atom is -0.490 e. The highest BCUT2D eigenvalue weighted by Gasteiger charge is 2.43. The van der Waals surface area contributed by atoms with Gasteiger partial charge in [-0.3, -0.25) is 29.4 Å². The van der Waals surface area contributed by atoms with Crippen molar-refractivity contribution < 1.29 is 23.9 Å². The maximum atomic E-state index is 13.3. The number of hydrogen-bond donors (Lipinski definition) is 2. The molecule has 0 spiro atoms. The normalized spacial score (nSPS) is 26.3. The van der Waals surface area contributed by atoms with E-state index in [4.69, 9.17) is 22.9 Å². The second-order valence-corrected chi connectivity index (χ2v) is 17.2. The van der Waals surface area contributed by atoms with Crippen molar-refractivity contribution in [1.82, 2.24) is 30.6 Å². The van der Waals surface area contributed by atoms with Gasteiger partial charge >= 0.3 is 0 Å². The number of carbonyl (C=O) groups excluding carboxylic acids is 4. The molecule has 58 heavy (non-hydrogen) atoms. The zero-order valence-electron chi connectivity index (χ0n) is 32.4. The van der Waals surface area contributed by atoms with Gasteiger partial charge in [0.2, 0.25) is 17.5 Å². The number of rotatable bonds is 9. The average Bonchev–Trinajstić information content (AvgIpc) is 3.70. The molecule has 3 aromatic rings. The van der Waals surface area contributed by atoms with E-state index in [9.17, 15) is 19.2 Å². The fourth-order valence-corrected chi connectivity index (χ4v) is 10.2. The molecule has 15 heteroatoms. The van der Waals surface area contributed by atoms with Gasteiger partial charge < -0.3 is 24.8 Å². The van der Waals surface area contributed by atoms with Crippen LogP contribution in [0.15, 0.2) is 48.5 Å². The molecule has 14 nitrogen and oxygen atoms in total. The molecule has 6 aliphatic rings. The number of anilines is 2. The molecule has 3 unspecified atom stereocenters. The van der Waals surface area contributed by atoms with Crippen molar-refractivity contribution in [3.8, 4) is 5.75 Å². The second kappa shape index (κ2) is 16.2. The van der Waals surface area contributed by atoms with Crippen LogP contribution >= 0.6 is 11.6 Å². The Morgan fingerprint density at radius 1 is 0.914 bits per heavy atom. The second-order valence-electron chi connectivity index (χ2n) is 16.7.